The number of benzene rings is 3. The van der Waals surface area contributed by atoms with E-state index in [4.69, 9.17) is 4.74 Å². The third-order valence-electron chi connectivity index (χ3n) is 6.89. The SMILES string of the molecule is CN(C)CCCNC(=O)c1c[nH]c(/C=C2\C(=O)Nc3cc(Oc4cccc(NC(=O)c5cccc(C(F)(F)F)c5)c4)ccc32)c1. The molecule has 4 N–H and O–H groups in total. The number of amides is 3. The van der Waals surface area contributed by atoms with Crippen molar-refractivity contribution in [3.8, 4) is 11.5 Å². The summed E-state index contributed by atoms with van der Waals surface area (Å²) in [4.78, 5) is 42.9. The van der Waals surface area contributed by atoms with Crippen LogP contribution in [-0.2, 0) is 11.0 Å². The molecule has 0 aliphatic carbocycles. The highest BCUT2D eigenvalue weighted by molar-refractivity contribution is 6.35. The molecule has 4 aromatic rings. The molecule has 0 saturated carbocycles. The maximum atomic E-state index is 13.0. The molecule has 3 aromatic carbocycles. The van der Waals surface area contributed by atoms with Crippen molar-refractivity contribution >= 4 is 40.7 Å². The zero-order valence-electron chi connectivity index (χ0n) is 24.4. The van der Waals surface area contributed by atoms with Crippen LogP contribution in [0.3, 0.4) is 0 Å². The lowest BCUT2D eigenvalue weighted by Crippen LogP contribution is -2.26. The van der Waals surface area contributed by atoms with Crippen molar-refractivity contribution in [3.05, 3.63) is 107 Å². The van der Waals surface area contributed by atoms with E-state index in [1.165, 1.54) is 18.2 Å². The molecule has 0 fully saturated rings. The number of aromatic nitrogens is 1. The standard InChI is InChI=1S/C33H30F3N5O4/c1-41(2)13-5-12-37-30(42)21-15-24(38-19-21)17-28-27-11-10-26(18-29(27)40-32(28)44)45-25-9-4-8-23(16-25)39-31(43)20-6-3-7-22(14-20)33(34,35)36/h3-4,6-11,14-19,38H,5,12-13H2,1-2H3,(H,37,42)(H,39,43)(H,40,44)/b28-17-. The van der Waals surface area contributed by atoms with Crippen LogP contribution in [0.5, 0.6) is 11.5 Å². The average Bonchev–Trinajstić information content (AvgIpc) is 3.59. The van der Waals surface area contributed by atoms with Gasteiger partial charge in [0.1, 0.15) is 11.5 Å². The van der Waals surface area contributed by atoms with Crippen LogP contribution in [0.4, 0.5) is 24.5 Å². The maximum absolute atomic E-state index is 13.0. The summed E-state index contributed by atoms with van der Waals surface area (Å²) in [5.41, 5.74) is 1.92. The third-order valence-corrected chi connectivity index (χ3v) is 6.89. The molecule has 0 unspecified atom stereocenters. The van der Waals surface area contributed by atoms with Gasteiger partial charge in [-0.05, 0) is 81.7 Å². The van der Waals surface area contributed by atoms with Gasteiger partial charge < -0.3 is 30.6 Å². The van der Waals surface area contributed by atoms with E-state index in [1.54, 1.807) is 54.7 Å². The fraction of sp³-hybridized carbons (Fsp3) is 0.182. The highest BCUT2D eigenvalue weighted by Crippen LogP contribution is 2.37. The van der Waals surface area contributed by atoms with Gasteiger partial charge in [-0.2, -0.15) is 13.2 Å². The van der Waals surface area contributed by atoms with E-state index in [-0.39, 0.29) is 17.4 Å². The number of nitrogens with one attached hydrogen (secondary N) is 4. The number of rotatable bonds is 10. The zero-order valence-corrected chi connectivity index (χ0v) is 24.4. The molecule has 0 bridgehead atoms. The van der Waals surface area contributed by atoms with Crippen LogP contribution in [0, 0.1) is 0 Å². The number of fused-ring (bicyclic) bond motifs is 1. The van der Waals surface area contributed by atoms with Crippen molar-refractivity contribution in [2.24, 2.45) is 0 Å². The predicted octanol–water partition coefficient (Wildman–Crippen LogP) is 6.25. The fourth-order valence-electron chi connectivity index (χ4n) is 4.67. The van der Waals surface area contributed by atoms with E-state index in [0.29, 0.717) is 51.8 Å². The van der Waals surface area contributed by atoms with Gasteiger partial charge in [0.2, 0.25) is 0 Å². The first-order valence-electron chi connectivity index (χ1n) is 14.0. The predicted molar refractivity (Wildman–Crippen MR) is 165 cm³/mol. The Morgan fingerprint density at radius 3 is 2.49 bits per heavy atom. The maximum Gasteiger partial charge on any atom is 0.416 e. The number of ether oxygens (including phenoxy) is 1. The lowest BCUT2D eigenvalue weighted by molar-refractivity contribution is -0.137. The molecule has 1 aliphatic rings. The Kier molecular flexibility index (Phi) is 9.05. The fourth-order valence-corrected chi connectivity index (χ4v) is 4.67. The topological polar surface area (TPSA) is 116 Å². The summed E-state index contributed by atoms with van der Waals surface area (Å²) in [5.74, 6) is -0.453. The highest BCUT2D eigenvalue weighted by Gasteiger charge is 2.31. The summed E-state index contributed by atoms with van der Waals surface area (Å²) >= 11 is 0. The van der Waals surface area contributed by atoms with Crippen LogP contribution < -0.4 is 20.7 Å². The number of H-pyrrole nitrogens is 1. The minimum atomic E-state index is -4.56. The van der Waals surface area contributed by atoms with Gasteiger partial charge in [-0.25, -0.2) is 0 Å². The summed E-state index contributed by atoms with van der Waals surface area (Å²) in [6, 6.07) is 17.3. The van der Waals surface area contributed by atoms with Crippen LogP contribution in [0.25, 0.3) is 11.6 Å². The molecule has 3 amide bonds. The van der Waals surface area contributed by atoms with Gasteiger partial charge in [0.25, 0.3) is 17.7 Å². The molecule has 9 nitrogen and oxygen atoms in total. The van der Waals surface area contributed by atoms with Crippen molar-refractivity contribution in [1.82, 2.24) is 15.2 Å². The first kappa shape index (κ1) is 31.1. The second-order valence-corrected chi connectivity index (χ2v) is 10.6. The molecule has 2 heterocycles. The minimum Gasteiger partial charge on any atom is -0.457 e. The Hall–Kier alpha value is -5.36. The van der Waals surface area contributed by atoms with Gasteiger partial charge >= 0.3 is 6.18 Å². The molecule has 232 valence electrons. The Morgan fingerprint density at radius 1 is 0.933 bits per heavy atom. The van der Waals surface area contributed by atoms with Crippen LogP contribution in [0.15, 0.2) is 79.0 Å². The van der Waals surface area contributed by atoms with Crippen molar-refractivity contribution in [2.45, 2.75) is 12.6 Å². The molecule has 0 spiro atoms. The van der Waals surface area contributed by atoms with Crippen molar-refractivity contribution in [3.63, 3.8) is 0 Å². The first-order valence-corrected chi connectivity index (χ1v) is 14.0. The largest absolute Gasteiger partial charge is 0.457 e. The lowest BCUT2D eigenvalue weighted by Gasteiger charge is -2.11. The van der Waals surface area contributed by atoms with Gasteiger partial charge in [0.05, 0.1) is 22.4 Å². The Morgan fingerprint density at radius 2 is 1.71 bits per heavy atom. The lowest BCUT2D eigenvalue weighted by atomic mass is 10.1. The molecule has 0 radical (unpaired) electrons. The molecule has 12 heteroatoms. The Bertz CT molecular complexity index is 1780. The molecular formula is C33H30F3N5O4. The molecule has 1 aromatic heterocycles. The van der Waals surface area contributed by atoms with E-state index in [2.05, 4.69) is 20.9 Å². The second kappa shape index (κ2) is 13.1. The number of hydrogen-bond acceptors (Lipinski definition) is 5. The number of hydrogen-bond donors (Lipinski definition) is 4. The smallest absolute Gasteiger partial charge is 0.416 e. The second-order valence-electron chi connectivity index (χ2n) is 10.6. The van der Waals surface area contributed by atoms with Gasteiger partial charge in [-0.3, -0.25) is 14.4 Å². The monoisotopic (exact) mass is 617 g/mol. The average molecular weight is 618 g/mol. The summed E-state index contributed by atoms with van der Waals surface area (Å²) in [6.45, 7) is 1.42. The molecule has 0 atom stereocenters. The summed E-state index contributed by atoms with van der Waals surface area (Å²) in [7, 11) is 3.94. The van der Waals surface area contributed by atoms with E-state index in [0.717, 1.165) is 25.1 Å². The summed E-state index contributed by atoms with van der Waals surface area (Å²) in [6.07, 6.45) is -0.478. The van der Waals surface area contributed by atoms with E-state index in [9.17, 15) is 27.6 Å². The summed E-state index contributed by atoms with van der Waals surface area (Å²) < 4.78 is 45.1. The van der Waals surface area contributed by atoms with Gasteiger partial charge in [0, 0.05) is 47.4 Å². The normalized spacial score (nSPS) is 13.5. The van der Waals surface area contributed by atoms with Crippen molar-refractivity contribution in [1.29, 1.82) is 0 Å². The van der Waals surface area contributed by atoms with E-state index >= 15 is 0 Å². The van der Waals surface area contributed by atoms with Crippen LogP contribution in [0.2, 0.25) is 0 Å². The molecular weight excluding hydrogens is 587 g/mol. The van der Waals surface area contributed by atoms with Crippen LogP contribution >= 0.6 is 0 Å². The van der Waals surface area contributed by atoms with E-state index in [1.807, 2.05) is 19.0 Å². The first-order chi connectivity index (χ1) is 21.5. The Balaban J connectivity index is 1.24. The van der Waals surface area contributed by atoms with Crippen molar-refractivity contribution < 1.29 is 32.3 Å². The number of carbonyl (C=O) groups excluding carboxylic acids is 3. The number of alkyl halides is 3. The van der Waals surface area contributed by atoms with Crippen LogP contribution in [-0.4, -0.2) is 54.8 Å². The number of halogens is 3. The molecule has 1 aliphatic heterocycles. The van der Waals surface area contributed by atoms with E-state index < -0.39 is 17.6 Å². The quantitative estimate of drug-likeness (QED) is 0.124. The van der Waals surface area contributed by atoms with Crippen molar-refractivity contribution in [2.75, 3.05) is 37.8 Å². The highest BCUT2D eigenvalue weighted by atomic mass is 19.4. The molecule has 5 rings (SSSR count). The van der Waals surface area contributed by atoms with Gasteiger partial charge in [-0.15, -0.1) is 0 Å². The number of carbonyl (C=O) groups is 3. The van der Waals surface area contributed by atoms with Crippen LogP contribution in [0.1, 0.15) is 44.0 Å². The van der Waals surface area contributed by atoms with Gasteiger partial charge in [0.15, 0.2) is 0 Å². The van der Waals surface area contributed by atoms with Gasteiger partial charge in [-0.1, -0.05) is 12.1 Å². The number of nitrogens with zero attached hydrogens (tertiary/aromatic N) is 1. The molecule has 45 heavy (non-hydrogen) atoms. The number of aromatic amines is 1. The minimum absolute atomic E-state index is 0.135. The third kappa shape index (κ3) is 7.78. The summed E-state index contributed by atoms with van der Waals surface area (Å²) in [5, 5.41) is 8.28. The number of anilines is 2. The Labute approximate surface area is 257 Å². The molecule has 0 saturated heterocycles. The zero-order chi connectivity index (χ0) is 32.1.